The normalized spacial score (nSPS) is 30.2. The fourth-order valence-electron chi connectivity index (χ4n) is 4.27. The van der Waals surface area contributed by atoms with Crippen molar-refractivity contribution in [1.29, 1.82) is 0 Å². The average molecular weight is 386 g/mol. The molecule has 2 aromatic rings. The minimum Gasteiger partial charge on any atom is -0.444 e. The van der Waals surface area contributed by atoms with Gasteiger partial charge in [0.2, 0.25) is 0 Å². The molecule has 2 atom stereocenters. The van der Waals surface area contributed by atoms with E-state index in [1.54, 1.807) is 25.4 Å². The highest BCUT2D eigenvalue weighted by atomic mass is 16.6. The summed E-state index contributed by atoms with van der Waals surface area (Å²) in [6.07, 6.45) is 4.41. The number of carbonyl (C=O) groups is 2. The van der Waals surface area contributed by atoms with E-state index in [0.717, 1.165) is 30.9 Å². The topological polar surface area (TPSA) is 123 Å². The lowest BCUT2D eigenvalue weighted by molar-refractivity contribution is -0.0510. The van der Waals surface area contributed by atoms with Crippen LogP contribution in [0.25, 0.3) is 0 Å². The molecule has 1 aliphatic heterocycles. The Morgan fingerprint density at radius 1 is 1.39 bits per heavy atom. The van der Waals surface area contributed by atoms with E-state index in [2.05, 4.69) is 25.9 Å². The molecule has 148 valence electrons. The fourth-order valence-corrected chi connectivity index (χ4v) is 4.27. The Kier molecular flexibility index (Phi) is 3.90. The van der Waals surface area contributed by atoms with Crippen LogP contribution in [0.15, 0.2) is 18.3 Å². The molecule has 1 saturated heterocycles. The van der Waals surface area contributed by atoms with Gasteiger partial charge in [-0.25, -0.2) is 4.79 Å². The van der Waals surface area contributed by atoms with Gasteiger partial charge in [-0.2, -0.15) is 10.2 Å². The Morgan fingerprint density at radius 2 is 2.21 bits per heavy atom. The molecule has 2 amide bonds. The number of carbonyl (C=O) groups excluding carboxylic acids is 2. The van der Waals surface area contributed by atoms with Gasteiger partial charge < -0.3 is 20.1 Å². The number of ether oxygens (including phenoxy) is 2. The van der Waals surface area contributed by atoms with Gasteiger partial charge in [-0.3, -0.25) is 14.6 Å². The Morgan fingerprint density at radius 3 is 2.89 bits per heavy atom. The first-order chi connectivity index (χ1) is 13.5. The first-order valence-electron chi connectivity index (χ1n) is 9.45. The van der Waals surface area contributed by atoms with Crippen LogP contribution in [0.1, 0.15) is 48.0 Å². The second kappa shape index (κ2) is 6.33. The molecule has 0 aromatic carbocycles. The van der Waals surface area contributed by atoms with Crippen LogP contribution in [0.5, 0.6) is 0 Å². The summed E-state index contributed by atoms with van der Waals surface area (Å²) < 4.78 is 12.7. The van der Waals surface area contributed by atoms with Gasteiger partial charge in [0.15, 0.2) is 5.82 Å². The lowest BCUT2D eigenvalue weighted by Crippen LogP contribution is -2.68. The Labute approximate surface area is 161 Å². The van der Waals surface area contributed by atoms with Crippen molar-refractivity contribution < 1.29 is 19.1 Å². The van der Waals surface area contributed by atoms with Gasteiger partial charge >= 0.3 is 6.09 Å². The maximum absolute atomic E-state index is 12.2. The van der Waals surface area contributed by atoms with Crippen molar-refractivity contribution in [2.45, 2.75) is 43.4 Å². The van der Waals surface area contributed by atoms with Crippen LogP contribution in [-0.2, 0) is 16.5 Å². The number of aromatic amines is 1. The Balaban J connectivity index is 1.14. The van der Waals surface area contributed by atoms with Crippen molar-refractivity contribution in [2.24, 2.45) is 13.0 Å². The first-order valence-corrected chi connectivity index (χ1v) is 9.45. The number of hydrogen-bond acceptors (Lipinski definition) is 6. The molecule has 2 aromatic heterocycles. The van der Waals surface area contributed by atoms with Crippen LogP contribution in [0.3, 0.4) is 0 Å². The van der Waals surface area contributed by atoms with Crippen LogP contribution in [0, 0.1) is 5.92 Å². The van der Waals surface area contributed by atoms with Crippen molar-refractivity contribution in [1.82, 2.24) is 25.3 Å². The molecule has 4 aliphatic rings. The molecule has 2 bridgehead atoms. The van der Waals surface area contributed by atoms with Crippen molar-refractivity contribution in [3.63, 3.8) is 0 Å². The number of nitrogens with one attached hydrogen (secondary N) is 3. The van der Waals surface area contributed by atoms with Crippen LogP contribution in [-0.4, -0.2) is 50.2 Å². The number of amides is 2. The Hall–Kier alpha value is -2.88. The van der Waals surface area contributed by atoms with Crippen molar-refractivity contribution in [3.05, 3.63) is 29.7 Å². The molecule has 0 unspecified atom stereocenters. The SMILES string of the molecule is Cn1nccc1C(=O)Nc1cc([C@H]2C[C@@H](OC(=O)NC34CC(C3)C4)CO2)[nH]n1. The van der Waals surface area contributed by atoms with Gasteiger partial charge in [0.05, 0.1) is 12.3 Å². The second-order valence-corrected chi connectivity index (χ2v) is 7.97. The summed E-state index contributed by atoms with van der Waals surface area (Å²) in [4.78, 5) is 24.3. The lowest BCUT2D eigenvalue weighted by Gasteiger charge is -2.61. The zero-order valence-corrected chi connectivity index (χ0v) is 15.5. The number of aromatic nitrogens is 4. The van der Waals surface area contributed by atoms with Gasteiger partial charge in [-0.05, 0) is 31.2 Å². The highest BCUT2D eigenvalue weighted by Gasteiger charge is 2.57. The van der Waals surface area contributed by atoms with Gasteiger partial charge in [-0.1, -0.05) is 0 Å². The van der Waals surface area contributed by atoms with E-state index in [1.165, 1.54) is 4.68 Å². The van der Waals surface area contributed by atoms with E-state index in [-0.39, 0.29) is 29.7 Å². The van der Waals surface area contributed by atoms with Crippen LogP contribution >= 0.6 is 0 Å². The van der Waals surface area contributed by atoms with E-state index < -0.39 is 0 Å². The molecule has 0 radical (unpaired) electrons. The predicted molar refractivity (Wildman–Crippen MR) is 96.5 cm³/mol. The van der Waals surface area contributed by atoms with Crippen molar-refractivity contribution in [3.8, 4) is 0 Å². The van der Waals surface area contributed by atoms with Crippen molar-refractivity contribution >= 4 is 17.8 Å². The molecule has 4 fully saturated rings. The zero-order chi connectivity index (χ0) is 19.3. The van der Waals surface area contributed by atoms with Crippen molar-refractivity contribution in [2.75, 3.05) is 11.9 Å². The average Bonchev–Trinajstić information content (AvgIpc) is 3.30. The number of alkyl carbamates (subject to hydrolysis) is 1. The quantitative estimate of drug-likeness (QED) is 0.716. The van der Waals surface area contributed by atoms with Crippen LogP contribution in [0.2, 0.25) is 0 Å². The number of hydrogen-bond donors (Lipinski definition) is 3. The fraction of sp³-hybridized carbons (Fsp3) is 0.556. The second-order valence-electron chi connectivity index (χ2n) is 7.97. The third kappa shape index (κ3) is 3.03. The summed E-state index contributed by atoms with van der Waals surface area (Å²) >= 11 is 0. The van der Waals surface area contributed by atoms with Crippen LogP contribution in [0.4, 0.5) is 10.6 Å². The lowest BCUT2D eigenvalue weighted by atomic mass is 9.50. The molecular weight excluding hydrogens is 364 g/mol. The third-order valence-corrected chi connectivity index (χ3v) is 5.88. The minimum atomic E-state index is -0.360. The molecule has 0 spiro atoms. The number of aryl methyl sites for hydroxylation is 1. The number of anilines is 1. The van der Waals surface area contributed by atoms with Gasteiger partial charge in [-0.15, -0.1) is 0 Å². The molecule has 10 nitrogen and oxygen atoms in total. The van der Waals surface area contributed by atoms with Gasteiger partial charge in [0.25, 0.3) is 5.91 Å². The first kappa shape index (κ1) is 17.2. The van der Waals surface area contributed by atoms with E-state index >= 15 is 0 Å². The van der Waals surface area contributed by atoms with E-state index in [0.29, 0.717) is 24.5 Å². The van der Waals surface area contributed by atoms with E-state index in [9.17, 15) is 9.59 Å². The third-order valence-electron chi connectivity index (χ3n) is 5.88. The summed E-state index contributed by atoms with van der Waals surface area (Å²) in [5.41, 5.74) is 1.17. The van der Waals surface area contributed by atoms with E-state index in [1.807, 2.05) is 0 Å². The minimum absolute atomic E-state index is 0.00492. The summed E-state index contributed by atoms with van der Waals surface area (Å²) in [7, 11) is 1.70. The van der Waals surface area contributed by atoms with Gasteiger partial charge in [0, 0.05) is 31.3 Å². The summed E-state index contributed by atoms with van der Waals surface area (Å²) in [5.74, 6) is 0.903. The highest BCUT2D eigenvalue weighted by Crippen LogP contribution is 2.56. The monoisotopic (exact) mass is 386 g/mol. The molecule has 28 heavy (non-hydrogen) atoms. The molecule has 3 N–H and O–H groups in total. The summed E-state index contributed by atoms with van der Waals surface area (Å²) in [5, 5.41) is 16.7. The maximum Gasteiger partial charge on any atom is 0.407 e. The van der Waals surface area contributed by atoms with E-state index in [4.69, 9.17) is 9.47 Å². The zero-order valence-electron chi connectivity index (χ0n) is 15.5. The molecule has 3 aliphatic carbocycles. The number of rotatable bonds is 5. The highest BCUT2D eigenvalue weighted by molar-refractivity contribution is 6.02. The largest absolute Gasteiger partial charge is 0.444 e. The van der Waals surface area contributed by atoms with Gasteiger partial charge in [0.1, 0.15) is 17.9 Å². The number of H-pyrrole nitrogens is 1. The molecule has 3 saturated carbocycles. The standard InChI is InChI=1S/C18H22N6O4/c1-24-13(2-3-19-24)16(25)20-15-5-12(22-23-15)14-4-11(9-27-14)28-17(26)21-18-6-10(7-18)8-18/h2-3,5,10-11,14H,4,6-9H2,1H3,(H,21,26)(H2,20,22,23,25)/t10?,11-,14-,18?/m1/s1. The molecule has 10 heteroatoms. The molecule has 6 rings (SSSR count). The maximum atomic E-state index is 12.2. The molecule has 3 heterocycles. The smallest absolute Gasteiger partial charge is 0.407 e. The summed E-state index contributed by atoms with van der Waals surface area (Å²) in [6.45, 7) is 0.337. The Bertz CT molecular complexity index is 904. The predicted octanol–water partition coefficient (Wildman–Crippen LogP) is 1.50. The summed E-state index contributed by atoms with van der Waals surface area (Å²) in [6, 6.07) is 3.35. The molecular formula is C18H22N6O4. The van der Waals surface area contributed by atoms with Crippen LogP contribution < -0.4 is 10.6 Å². The number of nitrogens with zero attached hydrogens (tertiary/aromatic N) is 3.